The first-order valence-electron chi connectivity index (χ1n) is 13.9. The molecule has 0 spiro atoms. The Hall–Kier alpha value is -3.24. The summed E-state index contributed by atoms with van der Waals surface area (Å²) in [5, 5.41) is 18.1. The molecule has 44 heavy (non-hydrogen) atoms. The van der Waals surface area contributed by atoms with E-state index in [1.807, 2.05) is 12.1 Å². The second-order valence-corrected chi connectivity index (χ2v) is 12.6. The summed E-state index contributed by atoms with van der Waals surface area (Å²) < 4.78 is 0. The molecule has 0 unspecified atom stereocenters. The number of hydrogen-bond acceptors (Lipinski definition) is 11. The number of pyridine rings is 1. The van der Waals surface area contributed by atoms with E-state index in [1.54, 1.807) is 28.7 Å². The summed E-state index contributed by atoms with van der Waals surface area (Å²) in [5.41, 5.74) is 7.55. The molecule has 2 saturated heterocycles. The van der Waals surface area contributed by atoms with E-state index in [4.69, 9.17) is 10.6 Å². The number of hydrogen-bond donors (Lipinski definition) is 3. The zero-order valence-electron chi connectivity index (χ0n) is 25.0. The Labute approximate surface area is 284 Å². The molecular formula is C28H30N7NaO6S2. The van der Waals surface area contributed by atoms with Gasteiger partial charge in [0.15, 0.2) is 10.8 Å². The fourth-order valence-electron chi connectivity index (χ4n) is 5.56. The van der Waals surface area contributed by atoms with Gasteiger partial charge in [-0.3, -0.25) is 24.3 Å². The van der Waals surface area contributed by atoms with Crippen molar-refractivity contribution < 1.29 is 60.1 Å². The maximum Gasteiger partial charge on any atom is 1.00 e. The van der Waals surface area contributed by atoms with Gasteiger partial charge in [0.1, 0.15) is 28.9 Å². The minimum atomic E-state index is -1.28. The number of rotatable bonds is 9. The van der Waals surface area contributed by atoms with Crippen LogP contribution in [0.4, 0.5) is 5.13 Å². The second-order valence-electron chi connectivity index (χ2n) is 10.6. The summed E-state index contributed by atoms with van der Waals surface area (Å²) in [6.45, 7) is 0.936. The number of aliphatic carboxylic acids is 1. The van der Waals surface area contributed by atoms with Crippen LogP contribution in [0.3, 0.4) is 0 Å². The molecule has 2 atom stereocenters. The quantitative estimate of drug-likeness (QED) is 0.100. The number of thioether (sulfide) groups is 1. The Kier molecular flexibility index (Phi) is 10.1. The van der Waals surface area contributed by atoms with Gasteiger partial charge in [0.2, 0.25) is 5.91 Å². The normalized spacial score (nSPS) is 23.0. The van der Waals surface area contributed by atoms with Crippen molar-refractivity contribution in [3.8, 4) is 0 Å². The smallest absolute Gasteiger partial charge is 1.00 e. The maximum atomic E-state index is 13.3. The number of fused-ring (bicyclic) bond motifs is 1. The van der Waals surface area contributed by atoms with Crippen molar-refractivity contribution in [2.45, 2.75) is 56.2 Å². The van der Waals surface area contributed by atoms with E-state index in [2.05, 4.69) is 20.4 Å². The zero-order chi connectivity index (χ0) is 30.1. The van der Waals surface area contributed by atoms with Gasteiger partial charge in [-0.2, -0.15) is 0 Å². The topological polar surface area (TPSA) is 180 Å². The number of nitrogens with zero attached hydrogens (tertiary/aromatic N) is 5. The molecule has 1 saturated carbocycles. The van der Waals surface area contributed by atoms with E-state index in [9.17, 15) is 24.3 Å². The van der Waals surface area contributed by atoms with Gasteiger partial charge in [0.25, 0.3) is 11.8 Å². The molecule has 6 rings (SSSR count). The first-order valence-corrected chi connectivity index (χ1v) is 15.8. The summed E-state index contributed by atoms with van der Waals surface area (Å²) in [6, 6.07) is 2.71. The van der Waals surface area contributed by atoms with Gasteiger partial charge < -0.3 is 27.3 Å². The van der Waals surface area contributed by atoms with Gasteiger partial charge >= 0.3 is 35.5 Å². The SMILES string of the molecule is Nc1nc(/C(=N/OC2CCCC2)C(=O)N[C@@H]2C(=O)N3C(C(=O)O)=C(C=C4CCN(Cc5ccncc5)C4=O)CS[C@H]23)cs1.[H-].[Na+]. The number of carboxylic acids is 1. The molecular weight excluding hydrogens is 617 g/mol. The van der Waals surface area contributed by atoms with Crippen LogP contribution in [0.15, 0.2) is 58.0 Å². The number of allylic oxidation sites excluding steroid dienone is 1. The van der Waals surface area contributed by atoms with Gasteiger partial charge in [-0.15, -0.1) is 23.1 Å². The van der Waals surface area contributed by atoms with Crippen LogP contribution in [0.2, 0.25) is 0 Å². The van der Waals surface area contributed by atoms with Crippen LogP contribution in [0.25, 0.3) is 0 Å². The number of oxime groups is 1. The Balaban J connectivity index is 0.00000230. The predicted molar refractivity (Wildman–Crippen MR) is 160 cm³/mol. The summed E-state index contributed by atoms with van der Waals surface area (Å²) >= 11 is 2.46. The molecule has 0 radical (unpaired) electrons. The molecule has 5 heterocycles. The van der Waals surface area contributed by atoms with Crippen molar-refractivity contribution in [1.29, 1.82) is 0 Å². The number of carboxylic acid groups (broad SMARTS) is 1. The molecule has 4 aliphatic rings. The number of thiazole rings is 1. The van der Waals surface area contributed by atoms with Crippen LogP contribution in [0.5, 0.6) is 0 Å². The maximum absolute atomic E-state index is 13.3. The predicted octanol–water partition coefficient (Wildman–Crippen LogP) is -1.00. The van der Waals surface area contributed by atoms with Crippen LogP contribution in [-0.4, -0.2) is 84.1 Å². The molecule has 2 aromatic rings. The Morgan fingerprint density at radius 2 is 2.00 bits per heavy atom. The van der Waals surface area contributed by atoms with Crippen LogP contribution >= 0.6 is 23.1 Å². The number of carbonyl (C=O) groups excluding carboxylic acids is 3. The third-order valence-corrected chi connectivity index (χ3v) is 9.72. The van der Waals surface area contributed by atoms with Gasteiger partial charge in [-0.25, -0.2) is 9.78 Å². The molecule has 3 amide bonds. The third-order valence-electron chi connectivity index (χ3n) is 7.75. The molecule has 4 N–H and O–H groups in total. The summed E-state index contributed by atoms with van der Waals surface area (Å²) in [4.78, 5) is 68.7. The fourth-order valence-corrected chi connectivity index (χ4v) is 7.41. The molecule has 0 bridgehead atoms. The van der Waals surface area contributed by atoms with E-state index in [1.165, 1.54) is 16.7 Å². The number of nitrogen functional groups attached to an aromatic ring is 1. The molecule has 16 heteroatoms. The summed E-state index contributed by atoms with van der Waals surface area (Å²) in [5.74, 6) is -2.43. The minimum Gasteiger partial charge on any atom is -1.00 e. The Morgan fingerprint density at radius 3 is 2.68 bits per heavy atom. The third kappa shape index (κ3) is 6.56. The van der Waals surface area contributed by atoms with Crippen LogP contribution < -0.4 is 40.6 Å². The van der Waals surface area contributed by atoms with Gasteiger partial charge in [-0.05, 0) is 61.4 Å². The Morgan fingerprint density at radius 1 is 1.25 bits per heavy atom. The van der Waals surface area contributed by atoms with Crippen LogP contribution in [0.1, 0.15) is 44.8 Å². The number of nitrogens with two attached hydrogens (primary N) is 1. The van der Waals surface area contributed by atoms with Crippen molar-refractivity contribution in [2.75, 3.05) is 18.0 Å². The van der Waals surface area contributed by atoms with E-state index in [0.717, 1.165) is 42.6 Å². The monoisotopic (exact) mass is 647 g/mol. The number of likely N-dealkylation sites (tertiary alicyclic amines) is 1. The number of anilines is 1. The van der Waals surface area contributed by atoms with Gasteiger partial charge in [0.05, 0.1) is 0 Å². The molecule has 226 valence electrons. The van der Waals surface area contributed by atoms with E-state index >= 15 is 0 Å². The van der Waals surface area contributed by atoms with Gasteiger partial charge in [0, 0.05) is 42.2 Å². The van der Waals surface area contributed by atoms with Crippen molar-refractivity contribution >= 4 is 57.6 Å². The van der Waals surface area contributed by atoms with Crippen LogP contribution in [0, 0.1) is 0 Å². The first kappa shape index (κ1) is 32.2. The van der Waals surface area contributed by atoms with E-state index < -0.39 is 29.2 Å². The van der Waals surface area contributed by atoms with Crippen molar-refractivity contribution in [3.63, 3.8) is 0 Å². The van der Waals surface area contributed by atoms with Crippen molar-refractivity contribution in [1.82, 2.24) is 25.1 Å². The average molecular weight is 648 g/mol. The minimum absolute atomic E-state index is 0. The molecule has 2 aromatic heterocycles. The number of aromatic nitrogens is 2. The molecule has 13 nitrogen and oxygen atoms in total. The van der Waals surface area contributed by atoms with E-state index in [-0.39, 0.29) is 71.0 Å². The largest absolute Gasteiger partial charge is 1.00 e. The molecule has 0 aromatic carbocycles. The molecule has 1 aliphatic carbocycles. The molecule has 3 aliphatic heterocycles. The number of amides is 3. The van der Waals surface area contributed by atoms with Crippen LogP contribution in [-0.2, 0) is 30.6 Å². The van der Waals surface area contributed by atoms with E-state index in [0.29, 0.717) is 30.7 Å². The second kappa shape index (κ2) is 13.8. The van der Waals surface area contributed by atoms with Crippen molar-refractivity contribution in [3.05, 3.63) is 64.1 Å². The standard InChI is InChI=1S/C28H29N7O6S2.Na.H/c29-28-31-19(14-43-28)20(33-41-18-3-1-2-4-18)23(36)32-21-25(38)35-22(27(39)40)17(13-42-26(21)35)11-16-7-10-34(24(16)37)12-15-5-8-30-9-6-15;;/h5-6,8-9,11,14,18,21,26H,1-4,7,10,12-13H2,(H2,29,31)(H,32,36)(H,39,40);;/q;+1;-1/b16-11?,33-20-;;/t21-,26-;;/m1../s1. The zero-order valence-corrected chi connectivity index (χ0v) is 27.6. The van der Waals surface area contributed by atoms with Gasteiger partial charge in [-0.1, -0.05) is 5.16 Å². The Bertz CT molecular complexity index is 1560. The fraction of sp³-hybridized carbons (Fsp3) is 0.393. The number of β-lactam (4-membered cyclic amide) rings is 1. The average Bonchev–Trinajstić information content (AvgIpc) is 3.75. The number of carbonyl (C=O) groups is 4. The summed E-state index contributed by atoms with van der Waals surface area (Å²) in [6.07, 6.45) is 9.01. The summed E-state index contributed by atoms with van der Waals surface area (Å²) in [7, 11) is 0. The first-order chi connectivity index (χ1) is 20.8. The molecule has 3 fully saturated rings. The van der Waals surface area contributed by atoms with Crippen molar-refractivity contribution in [2.24, 2.45) is 5.16 Å². The number of nitrogens with one attached hydrogen (secondary N) is 1.